The summed E-state index contributed by atoms with van der Waals surface area (Å²) < 4.78 is 4.76. The molecular weight excluding hydrogens is 144 g/mol. The first kappa shape index (κ1) is 10.1. The van der Waals surface area contributed by atoms with Crippen LogP contribution in [0.25, 0.3) is 0 Å². The van der Waals surface area contributed by atoms with Gasteiger partial charge in [0.15, 0.2) is 0 Å². The molecule has 0 spiro atoms. The highest BCUT2D eigenvalue weighted by Crippen LogP contribution is 1.89. The molecule has 0 aliphatic carbocycles. The lowest BCUT2D eigenvalue weighted by Crippen LogP contribution is -2.31. The van der Waals surface area contributed by atoms with Crippen LogP contribution in [0, 0.1) is 0 Å². The van der Waals surface area contributed by atoms with E-state index < -0.39 is 0 Å². The zero-order valence-corrected chi connectivity index (χ0v) is 6.94. The zero-order chi connectivity index (χ0) is 8.69. The van der Waals surface area contributed by atoms with Gasteiger partial charge in [-0.2, -0.15) is 0 Å². The van der Waals surface area contributed by atoms with Crippen molar-refractivity contribution in [2.45, 2.75) is 6.92 Å². The molecule has 0 amide bonds. The van der Waals surface area contributed by atoms with Crippen LogP contribution >= 0.6 is 0 Å². The molecule has 0 aliphatic heterocycles. The van der Waals surface area contributed by atoms with Crippen LogP contribution < -0.4 is 10.9 Å². The number of esters is 1. The van der Waals surface area contributed by atoms with Crippen molar-refractivity contribution < 1.29 is 9.53 Å². The fourth-order valence-electron chi connectivity index (χ4n) is 0.443. The van der Waals surface area contributed by atoms with E-state index in [1.54, 1.807) is 14.0 Å². The topological polar surface area (TPSA) is 50.4 Å². The van der Waals surface area contributed by atoms with E-state index in [1.807, 2.05) is 0 Å². The van der Waals surface area contributed by atoms with Crippen LogP contribution in [0.15, 0.2) is 12.2 Å². The molecule has 0 aromatic rings. The average Bonchev–Trinajstić information content (AvgIpc) is 1.97. The molecule has 0 aromatic heterocycles. The zero-order valence-electron chi connectivity index (χ0n) is 6.94. The Morgan fingerprint density at radius 2 is 2.27 bits per heavy atom. The lowest BCUT2D eigenvalue weighted by Gasteiger charge is -2.04. The summed E-state index contributed by atoms with van der Waals surface area (Å²) in [6, 6.07) is 0. The van der Waals surface area contributed by atoms with E-state index in [-0.39, 0.29) is 5.97 Å². The number of hydrogen-bond acceptors (Lipinski definition) is 4. The van der Waals surface area contributed by atoms with E-state index in [4.69, 9.17) is 4.74 Å². The number of nitrogens with one attached hydrogen (secondary N) is 2. The molecule has 11 heavy (non-hydrogen) atoms. The van der Waals surface area contributed by atoms with E-state index in [1.165, 1.54) is 0 Å². The molecule has 4 nitrogen and oxygen atoms in total. The van der Waals surface area contributed by atoms with E-state index in [0.29, 0.717) is 18.7 Å². The van der Waals surface area contributed by atoms with Gasteiger partial charge in [-0.25, -0.2) is 4.79 Å². The number of hydrogen-bond donors (Lipinski definition) is 2. The maximum atomic E-state index is 10.7. The minimum atomic E-state index is -0.345. The minimum absolute atomic E-state index is 0.345. The minimum Gasteiger partial charge on any atom is -0.461 e. The molecule has 0 fully saturated rings. The average molecular weight is 158 g/mol. The predicted molar refractivity (Wildman–Crippen MR) is 42.8 cm³/mol. The third-order valence-electron chi connectivity index (χ3n) is 0.985. The molecule has 0 rings (SSSR count). The number of ether oxygens (including phenoxy) is 1. The van der Waals surface area contributed by atoms with Crippen LogP contribution in [0.5, 0.6) is 0 Å². The van der Waals surface area contributed by atoms with Crippen LogP contribution in [0.3, 0.4) is 0 Å². The Hall–Kier alpha value is -0.870. The number of carbonyl (C=O) groups is 1. The van der Waals surface area contributed by atoms with Crippen LogP contribution in [0.1, 0.15) is 6.92 Å². The van der Waals surface area contributed by atoms with E-state index in [0.717, 1.165) is 0 Å². The summed E-state index contributed by atoms with van der Waals surface area (Å²) in [6.45, 7) is 6.01. The Morgan fingerprint density at radius 3 is 2.73 bits per heavy atom. The highest BCUT2D eigenvalue weighted by molar-refractivity contribution is 5.86. The summed E-state index contributed by atoms with van der Waals surface area (Å²) in [7, 11) is 1.75. The van der Waals surface area contributed by atoms with Crippen molar-refractivity contribution >= 4 is 5.97 Å². The molecule has 0 saturated carbocycles. The SMILES string of the molecule is C=C(C)C(=O)OCCNNC. The van der Waals surface area contributed by atoms with Gasteiger partial charge in [-0.15, -0.1) is 0 Å². The van der Waals surface area contributed by atoms with E-state index in [9.17, 15) is 4.79 Å². The van der Waals surface area contributed by atoms with Crippen LogP contribution in [0.2, 0.25) is 0 Å². The first-order chi connectivity index (χ1) is 5.18. The Bertz CT molecular complexity index is 145. The number of carbonyl (C=O) groups excluding carboxylic acids is 1. The van der Waals surface area contributed by atoms with Crippen molar-refractivity contribution in [1.82, 2.24) is 10.9 Å². The van der Waals surface area contributed by atoms with Gasteiger partial charge in [0.05, 0.1) is 0 Å². The quantitative estimate of drug-likeness (QED) is 0.252. The normalized spacial score (nSPS) is 9.27. The predicted octanol–water partition coefficient (Wildman–Crippen LogP) is -0.170. The van der Waals surface area contributed by atoms with Crippen molar-refractivity contribution in [3.05, 3.63) is 12.2 Å². The molecule has 0 unspecified atom stereocenters. The van der Waals surface area contributed by atoms with Gasteiger partial charge in [0.2, 0.25) is 0 Å². The van der Waals surface area contributed by atoms with E-state index >= 15 is 0 Å². The van der Waals surface area contributed by atoms with Gasteiger partial charge >= 0.3 is 5.97 Å². The highest BCUT2D eigenvalue weighted by Gasteiger charge is 2.00. The first-order valence-electron chi connectivity index (χ1n) is 3.40. The van der Waals surface area contributed by atoms with Crippen molar-refractivity contribution in [1.29, 1.82) is 0 Å². The molecule has 0 heterocycles. The first-order valence-corrected chi connectivity index (χ1v) is 3.40. The summed E-state index contributed by atoms with van der Waals surface area (Å²) in [5, 5.41) is 0. The lowest BCUT2D eigenvalue weighted by atomic mass is 10.4. The Balaban J connectivity index is 3.25. The summed E-state index contributed by atoms with van der Waals surface area (Å²) in [5.41, 5.74) is 5.92. The van der Waals surface area contributed by atoms with E-state index in [2.05, 4.69) is 17.4 Å². The van der Waals surface area contributed by atoms with Crippen molar-refractivity contribution in [2.75, 3.05) is 20.2 Å². The molecule has 64 valence electrons. The fraction of sp³-hybridized carbons (Fsp3) is 0.571. The van der Waals surface area contributed by atoms with Gasteiger partial charge in [0.1, 0.15) is 6.61 Å². The monoisotopic (exact) mass is 158 g/mol. The smallest absolute Gasteiger partial charge is 0.333 e. The molecule has 0 bridgehead atoms. The molecule has 0 radical (unpaired) electrons. The van der Waals surface area contributed by atoms with Crippen LogP contribution in [-0.2, 0) is 9.53 Å². The summed E-state index contributed by atoms with van der Waals surface area (Å²) >= 11 is 0. The van der Waals surface area contributed by atoms with Gasteiger partial charge in [-0.3, -0.25) is 10.9 Å². The second kappa shape index (κ2) is 5.88. The van der Waals surface area contributed by atoms with Gasteiger partial charge < -0.3 is 4.74 Å². The molecule has 0 aromatic carbocycles. The summed E-state index contributed by atoms with van der Waals surface area (Å²) in [5.74, 6) is -0.345. The molecule has 0 saturated heterocycles. The highest BCUT2D eigenvalue weighted by atomic mass is 16.5. The van der Waals surface area contributed by atoms with Crippen molar-refractivity contribution in [3.8, 4) is 0 Å². The van der Waals surface area contributed by atoms with Crippen LogP contribution in [0.4, 0.5) is 0 Å². The van der Waals surface area contributed by atoms with Crippen molar-refractivity contribution in [3.63, 3.8) is 0 Å². The Morgan fingerprint density at radius 1 is 1.64 bits per heavy atom. The Kier molecular flexibility index (Phi) is 5.42. The maximum Gasteiger partial charge on any atom is 0.333 e. The standard InChI is InChI=1S/C7H14N2O2/c1-6(2)7(10)11-5-4-9-8-3/h8-9H,1,4-5H2,2-3H3. The van der Waals surface area contributed by atoms with Gasteiger partial charge in [0, 0.05) is 12.1 Å². The molecule has 2 N–H and O–H groups in total. The summed E-state index contributed by atoms with van der Waals surface area (Å²) in [6.07, 6.45) is 0. The third kappa shape index (κ3) is 5.57. The number of hydrazine groups is 1. The second-order valence-corrected chi connectivity index (χ2v) is 2.09. The van der Waals surface area contributed by atoms with Crippen LogP contribution in [-0.4, -0.2) is 26.2 Å². The summed E-state index contributed by atoms with van der Waals surface area (Å²) in [4.78, 5) is 10.7. The largest absolute Gasteiger partial charge is 0.461 e. The second-order valence-electron chi connectivity index (χ2n) is 2.09. The van der Waals surface area contributed by atoms with Gasteiger partial charge in [-0.05, 0) is 14.0 Å². The van der Waals surface area contributed by atoms with Crippen molar-refractivity contribution in [2.24, 2.45) is 0 Å². The maximum absolute atomic E-state index is 10.7. The number of rotatable bonds is 5. The lowest BCUT2D eigenvalue weighted by molar-refractivity contribution is -0.138. The molecular formula is C7H14N2O2. The van der Waals surface area contributed by atoms with Gasteiger partial charge in [0.25, 0.3) is 0 Å². The molecule has 0 aliphatic rings. The molecule has 0 atom stereocenters. The molecule has 4 heteroatoms. The third-order valence-corrected chi connectivity index (χ3v) is 0.985. The van der Waals surface area contributed by atoms with Gasteiger partial charge in [-0.1, -0.05) is 6.58 Å². The Labute approximate surface area is 66.6 Å². The fourth-order valence-corrected chi connectivity index (χ4v) is 0.443.